The Balaban J connectivity index is 2.81. The van der Waals surface area contributed by atoms with Gasteiger partial charge in [0.25, 0.3) is 0 Å². The minimum Gasteiger partial charge on any atom is -0.405 e. The lowest BCUT2D eigenvalue weighted by molar-refractivity contribution is -0.274. The van der Waals surface area contributed by atoms with Crippen molar-refractivity contribution in [1.82, 2.24) is 5.32 Å². The van der Waals surface area contributed by atoms with Gasteiger partial charge in [-0.15, -0.1) is 13.2 Å². The zero-order chi connectivity index (χ0) is 16.1. The van der Waals surface area contributed by atoms with Gasteiger partial charge in [0.15, 0.2) is 0 Å². The van der Waals surface area contributed by atoms with Crippen LogP contribution in [0.5, 0.6) is 5.75 Å². The van der Waals surface area contributed by atoms with E-state index in [1.807, 2.05) is 0 Å². The highest BCUT2D eigenvalue weighted by atomic mass is 19.4. The molecule has 9 heteroatoms. The molecule has 1 rings (SSSR count). The SMILES string of the molecule is CC(C)(N=[N+]=[N-])C(=O)NCc1ccccc1OC(F)(F)F. The first-order valence-electron chi connectivity index (χ1n) is 5.84. The first-order chi connectivity index (χ1) is 9.65. The number of azide groups is 1. The Morgan fingerprint density at radius 2 is 2.00 bits per heavy atom. The van der Waals surface area contributed by atoms with Crippen LogP contribution in [0.2, 0.25) is 0 Å². The summed E-state index contributed by atoms with van der Waals surface area (Å²) in [5.41, 5.74) is 7.16. The molecule has 21 heavy (non-hydrogen) atoms. The van der Waals surface area contributed by atoms with E-state index in [9.17, 15) is 18.0 Å². The van der Waals surface area contributed by atoms with Gasteiger partial charge in [-0.2, -0.15) is 0 Å². The van der Waals surface area contributed by atoms with Crippen molar-refractivity contribution in [3.8, 4) is 5.75 Å². The van der Waals surface area contributed by atoms with Crippen molar-refractivity contribution in [3.05, 3.63) is 40.3 Å². The smallest absolute Gasteiger partial charge is 0.405 e. The molecule has 1 aromatic rings. The number of para-hydroxylation sites is 1. The van der Waals surface area contributed by atoms with E-state index in [1.165, 1.54) is 32.0 Å². The number of hydrogen-bond acceptors (Lipinski definition) is 3. The molecule has 0 aliphatic rings. The summed E-state index contributed by atoms with van der Waals surface area (Å²) in [6.07, 6.45) is -4.81. The van der Waals surface area contributed by atoms with E-state index in [0.717, 1.165) is 6.07 Å². The third kappa shape index (κ3) is 5.23. The normalized spacial score (nSPS) is 11.5. The van der Waals surface area contributed by atoms with Crippen LogP contribution < -0.4 is 10.1 Å². The fourth-order valence-electron chi connectivity index (χ4n) is 1.42. The maximum Gasteiger partial charge on any atom is 0.573 e. The minimum atomic E-state index is -4.81. The molecule has 114 valence electrons. The Morgan fingerprint density at radius 3 is 2.57 bits per heavy atom. The molecule has 0 fully saturated rings. The molecule has 0 spiro atoms. The van der Waals surface area contributed by atoms with E-state index in [1.54, 1.807) is 0 Å². The first kappa shape index (κ1) is 16.6. The maximum atomic E-state index is 12.2. The van der Waals surface area contributed by atoms with Crippen LogP contribution in [0.4, 0.5) is 13.2 Å². The van der Waals surface area contributed by atoms with Gasteiger partial charge in [0.05, 0.1) is 0 Å². The summed E-state index contributed by atoms with van der Waals surface area (Å²) in [4.78, 5) is 14.3. The topological polar surface area (TPSA) is 87.1 Å². The van der Waals surface area contributed by atoms with Crippen LogP contribution >= 0.6 is 0 Å². The van der Waals surface area contributed by atoms with Crippen LogP contribution in [0.25, 0.3) is 10.4 Å². The highest BCUT2D eigenvalue weighted by Gasteiger charge is 2.32. The number of rotatable bonds is 5. The lowest BCUT2D eigenvalue weighted by atomic mass is 10.1. The third-order valence-electron chi connectivity index (χ3n) is 2.49. The molecule has 0 aliphatic carbocycles. The van der Waals surface area contributed by atoms with Gasteiger partial charge in [0.2, 0.25) is 5.91 Å². The molecule has 1 aromatic carbocycles. The Morgan fingerprint density at radius 1 is 1.38 bits per heavy atom. The molecule has 0 saturated carbocycles. The van der Waals surface area contributed by atoms with Gasteiger partial charge >= 0.3 is 6.36 Å². The maximum absolute atomic E-state index is 12.2. The standard InChI is InChI=1S/C12H13F3N4O2/c1-11(2,18-19-16)10(20)17-7-8-5-3-4-6-9(8)21-12(13,14)15/h3-6H,7H2,1-2H3,(H,17,20). The summed E-state index contributed by atoms with van der Waals surface area (Å²) in [5.74, 6) is -1.01. The van der Waals surface area contributed by atoms with Crippen molar-refractivity contribution < 1.29 is 22.7 Å². The molecule has 1 N–H and O–H groups in total. The number of amides is 1. The first-order valence-corrected chi connectivity index (χ1v) is 5.84. The Hall–Kier alpha value is -2.41. The fourth-order valence-corrected chi connectivity index (χ4v) is 1.42. The molecule has 1 amide bonds. The summed E-state index contributed by atoms with van der Waals surface area (Å²) >= 11 is 0. The van der Waals surface area contributed by atoms with E-state index in [0.29, 0.717) is 0 Å². The van der Waals surface area contributed by atoms with Gasteiger partial charge in [-0.05, 0) is 25.4 Å². The Labute approximate surface area is 118 Å². The quantitative estimate of drug-likeness (QED) is 0.514. The zero-order valence-corrected chi connectivity index (χ0v) is 11.3. The molecule has 0 radical (unpaired) electrons. The van der Waals surface area contributed by atoms with Crippen LogP contribution in [0, 0.1) is 0 Å². The zero-order valence-electron chi connectivity index (χ0n) is 11.3. The second-order valence-electron chi connectivity index (χ2n) is 4.59. The molecule has 0 atom stereocenters. The second kappa shape index (κ2) is 6.36. The van der Waals surface area contributed by atoms with Crippen molar-refractivity contribution in [2.75, 3.05) is 0 Å². The lowest BCUT2D eigenvalue weighted by Crippen LogP contribution is -2.40. The average molecular weight is 302 g/mol. The van der Waals surface area contributed by atoms with E-state index in [-0.39, 0.29) is 12.1 Å². The summed E-state index contributed by atoms with van der Waals surface area (Å²) in [6, 6.07) is 5.44. The number of nitrogens with one attached hydrogen (secondary N) is 1. The van der Waals surface area contributed by atoms with Crippen molar-refractivity contribution in [3.63, 3.8) is 0 Å². The minimum absolute atomic E-state index is 0.153. The highest BCUT2D eigenvalue weighted by Crippen LogP contribution is 2.26. The predicted octanol–water partition coefficient (Wildman–Crippen LogP) is 3.29. The van der Waals surface area contributed by atoms with Crippen LogP contribution in [0.15, 0.2) is 29.4 Å². The molecule has 6 nitrogen and oxygen atoms in total. The number of carbonyl (C=O) groups is 1. The fraction of sp³-hybridized carbons (Fsp3) is 0.417. The average Bonchev–Trinajstić information content (AvgIpc) is 2.35. The van der Waals surface area contributed by atoms with E-state index in [4.69, 9.17) is 5.53 Å². The number of ether oxygens (including phenoxy) is 1. The summed E-state index contributed by atoms with van der Waals surface area (Å²) in [6.45, 7) is 2.59. The second-order valence-corrected chi connectivity index (χ2v) is 4.59. The molecular formula is C12H13F3N4O2. The Kier molecular flexibility index (Phi) is 5.04. The highest BCUT2D eigenvalue weighted by molar-refractivity contribution is 5.85. The van der Waals surface area contributed by atoms with Gasteiger partial charge in [-0.25, -0.2) is 0 Å². The summed E-state index contributed by atoms with van der Waals surface area (Å²) in [7, 11) is 0. The summed E-state index contributed by atoms with van der Waals surface area (Å²) in [5, 5.41) is 5.71. The van der Waals surface area contributed by atoms with E-state index in [2.05, 4.69) is 20.1 Å². The van der Waals surface area contributed by atoms with Gasteiger partial charge in [-0.1, -0.05) is 23.3 Å². The Bertz CT molecular complexity index is 566. The van der Waals surface area contributed by atoms with Crippen LogP contribution in [0.1, 0.15) is 19.4 Å². The number of alkyl halides is 3. The van der Waals surface area contributed by atoms with Gasteiger partial charge in [0.1, 0.15) is 11.3 Å². The van der Waals surface area contributed by atoms with Gasteiger partial charge in [0, 0.05) is 17.0 Å². The van der Waals surface area contributed by atoms with Crippen molar-refractivity contribution in [1.29, 1.82) is 0 Å². The number of benzene rings is 1. The monoisotopic (exact) mass is 302 g/mol. The van der Waals surface area contributed by atoms with E-state index < -0.39 is 23.6 Å². The molecular weight excluding hydrogens is 289 g/mol. The van der Waals surface area contributed by atoms with Crippen LogP contribution in [-0.2, 0) is 11.3 Å². The number of hydrogen-bond donors (Lipinski definition) is 1. The van der Waals surface area contributed by atoms with E-state index >= 15 is 0 Å². The molecule has 0 unspecified atom stereocenters. The largest absolute Gasteiger partial charge is 0.573 e. The summed E-state index contributed by atoms with van der Waals surface area (Å²) < 4.78 is 40.6. The molecule has 0 heterocycles. The number of carbonyl (C=O) groups excluding carboxylic acids is 1. The number of nitrogens with zero attached hydrogens (tertiary/aromatic N) is 3. The molecule has 0 saturated heterocycles. The molecule has 0 aromatic heterocycles. The van der Waals surface area contributed by atoms with Crippen LogP contribution in [0.3, 0.4) is 0 Å². The van der Waals surface area contributed by atoms with Crippen molar-refractivity contribution in [2.45, 2.75) is 32.3 Å². The predicted molar refractivity (Wildman–Crippen MR) is 68.2 cm³/mol. The van der Waals surface area contributed by atoms with Crippen LogP contribution in [-0.4, -0.2) is 17.8 Å². The third-order valence-corrected chi connectivity index (χ3v) is 2.49. The number of halogens is 3. The van der Waals surface area contributed by atoms with Crippen molar-refractivity contribution in [2.24, 2.45) is 5.11 Å². The lowest BCUT2D eigenvalue weighted by Gasteiger charge is -2.18. The van der Waals surface area contributed by atoms with Crippen molar-refractivity contribution >= 4 is 5.91 Å². The van der Waals surface area contributed by atoms with Gasteiger partial charge < -0.3 is 10.1 Å². The molecule has 0 bridgehead atoms. The molecule has 0 aliphatic heterocycles. The van der Waals surface area contributed by atoms with Gasteiger partial charge in [-0.3, -0.25) is 4.79 Å².